The van der Waals surface area contributed by atoms with Gasteiger partial charge in [-0.25, -0.2) is 0 Å². The third kappa shape index (κ3) is 10.4. The molecule has 0 radical (unpaired) electrons. The predicted molar refractivity (Wildman–Crippen MR) is 166 cm³/mol. The second-order valence-corrected chi connectivity index (χ2v) is 11.3. The molecule has 0 aromatic heterocycles. The lowest BCUT2D eigenvalue weighted by Crippen LogP contribution is -2.40. The van der Waals surface area contributed by atoms with E-state index in [1.165, 1.54) is 114 Å². The fraction of sp³-hybridized carbons (Fsp3) is 0.583. The van der Waals surface area contributed by atoms with Gasteiger partial charge in [0.2, 0.25) is 0 Å². The van der Waals surface area contributed by atoms with Gasteiger partial charge in [0.1, 0.15) is 0 Å². The van der Waals surface area contributed by atoms with Crippen LogP contribution in [0.2, 0.25) is 0 Å². The molecule has 1 heterocycles. The van der Waals surface area contributed by atoms with Crippen molar-refractivity contribution in [3.05, 3.63) is 84.4 Å². The second kappa shape index (κ2) is 18.8. The SMILES string of the molecule is CCCCC1C(c2ccccccccccccc2)=NN(C2CCCCCCCCCCC2)C1CCC. The van der Waals surface area contributed by atoms with Gasteiger partial charge in [-0.3, -0.25) is 5.01 Å². The number of nitrogens with zero attached hydrogens (tertiary/aromatic N) is 2. The Hall–Kier alpha value is -2.35. The first-order valence-electron chi connectivity index (χ1n) is 15.9. The van der Waals surface area contributed by atoms with E-state index >= 15 is 0 Å². The van der Waals surface area contributed by atoms with Crippen LogP contribution >= 0.6 is 0 Å². The van der Waals surface area contributed by atoms with E-state index in [2.05, 4.69) is 97.7 Å². The van der Waals surface area contributed by atoms with Crippen LogP contribution in [0.15, 0.2) is 84.0 Å². The predicted octanol–water partition coefficient (Wildman–Crippen LogP) is 10.6. The first-order chi connectivity index (χ1) is 18.8. The average molecular weight is 515 g/mol. The Morgan fingerprint density at radius 1 is 0.605 bits per heavy atom. The molecule has 2 aliphatic rings. The lowest BCUT2D eigenvalue weighted by molar-refractivity contribution is 0.109. The van der Waals surface area contributed by atoms with Crippen molar-refractivity contribution < 1.29 is 0 Å². The van der Waals surface area contributed by atoms with Crippen molar-refractivity contribution in [2.45, 2.75) is 129 Å². The van der Waals surface area contributed by atoms with Crippen LogP contribution in [0.4, 0.5) is 0 Å². The summed E-state index contributed by atoms with van der Waals surface area (Å²) in [5.74, 6) is 0.516. The number of rotatable bonds is 7. The fourth-order valence-corrected chi connectivity index (χ4v) is 6.17. The molecule has 38 heavy (non-hydrogen) atoms. The molecule has 1 fully saturated rings. The maximum absolute atomic E-state index is 5.57. The zero-order valence-electron chi connectivity index (χ0n) is 24.4. The van der Waals surface area contributed by atoms with Gasteiger partial charge in [-0.1, -0.05) is 170 Å². The third-order valence-corrected chi connectivity index (χ3v) is 8.24. The van der Waals surface area contributed by atoms with Crippen molar-refractivity contribution >= 4 is 5.71 Å². The Bertz CT molecular complexity index is 873. The lowest BCUT2D eigenvalue weighted by Gasteiger charge is -2.35. The first kappa shape index (κ1) is 30.2. The van der Waals surface area contributed by atoms with Gasteiger partial charge >= 0.3 is 0 Å². The minimum atomic E-state index is 0.516. The second-order valence-electron chi connectivity index (χ2n) is 11.3. The van der Waals surface area contributed by atoms with Crippen molar-refractivity contribution in [1.82, 2.24) is 5.01 Å². The summed E-state index contributed by atoms with van der Waals surface area (Å²) in [6, 6.07) is 28.9. The molecule has 3 rings (SSSR count). The van der Waals surface area contributed by atoms with Gasteiger partial charge < -0.3 is 0 Å². The summed E-state index contributed by atoms with van der Waals surface area (Å²) in [4.78, 5) is 0. The van der Waals surface area contributed by atoms with Gasteiger partial charge in [-0.2, -0.15) is 5.10 Å². The summed E-state index contributed by atoms with van der Waals surface area (Å²) in [5, 5.41) is 8.21. The van der Waals surface area contributed by atoms with E-state index in [-0.39, 0.29) is 0 Å². The van der Waals surface area contributed by atoms with Gasteiger partial charge in [-0.05, 0) is 31.2 Å². The van der Waals surface area contributed by atoms with Crippen molar-refractivity contribution in [2.24, 2.45) is 11.0 Å². The molecular formula is C36H54N2. The smallest absolute Gasteiger partial charge is 0.0729 e. The Kier molecular flexibility index (Phi) is 15.0. The van der Waals surface area contributed by atoms with Gasteiger partial charge in [0.15, 0.2) is 0 Å². The third-order valence-electron chi connectivity index (χ3n) is 8.24. The summed E-state index contributed by atoms with van der Waals surface area (Å²) >= 11 is 0. The Balaban J connectivity index is 2.00. The highest BCUT2D eigenvalue weighted by atomic mass is 15.5. The lowest BCUT2D eigenvalue weighted by atomic mass is 9.84. The first-order valence-corrected chi connectivity index (χ1v) is 15.9. The van der Waals surface area contributed by atoms with Crippen LogP contribution in [-0.4, -0.2) is 22.8 Å². The maximum atomic E-state index is 5.57. The summed E-state index contributed by atoms with van der Waals surface area (Å²) in [6.45, 7) is 4.68. The van der Waals surface area contributed by atoms with E-state index in [4.69, 9.17) is 5.10 Å². The zero-order chi connectivity index (χ0) is 26.7. The number of hydrazone groups is 1. The van der Waals surface area contributed by atoms with E-state index in [0.29, 0.717) is 18.0 Å². The number of hydrogen-bond donors (Lipinski definition) is 0. The summed E-state index contributed by atoms with van der Waals surface area (Å²) in [6.07, 6.45) is 21.4. The largest absolute Gasteiger partial charge is 0.290 e. The highest BCUT2D eigenvalue weighted by Gasteiger charge is 2.39. The fourth-order valence-electron chi connectivity index (χ4n) is 6.17. The van der Waals surface area contributed by atoms with Gasteiger partial charge in [0.25, 0.3) is 0 Å². The molecule has 1 aliphatic heterocycles. The molecule has 0 saturated heterocycles. The monoisotopic (exact) mass is 514 g/mol. The molecule has 2 atom stereocenters. The Morgan fingerprint density at radius 3 is 1.55 bits per heavy atom. The minimum absolute atomic E-state index is 0.516. The molecule has 1 aliphatic carbocycles. The van der Waals surface area contributed by atoms with Gasteiger partial charge in [0, 0.05) is 12.0 Å². The van der Waals surface area contributed by atoms with E-state index in [1.807, 2.05) is 0 Å². The molecule has 0 bridgehead atoms. The molecule has 1 aromatic carbocycles. The standard InChI is InChI=1S/C36H54N2/c1-3-5-31-34-35(26-4-2)38(33-29-24-20-16-12-9-13-17-21-25-30-33)37-36(34)32-27-22-18-14-10-7-6-8-11-15-19-23-28-32/h6-8,10-11,14-15,18-19,22-23,27-28,33-35H,3-5,9,12-13,16-17,20-21,24-26,29-31H2,1-2H3. The maximum Gasteiger partial charge on any atom is 0.0729 e. The van der Waals surface area contributed by atoms with E-state index in [9.17, 15) is 0 Å². The van der Waals surface area contributed by atoms with Crippen LogP contribution in [0.3, 0.4) is 0 Å². The summed E-state index contributed by atoms with van der Waals surface area (Å²) in [5.41, 5.74) is 2.59. The topological polar surface area (TPSA) is 15.6 Å². The molecule has 2 nitrogen and oxygen atoms in total. The normalized spacial score (nSPS) is 21.3. The molecule has 2 unspecified atom stereocenters. The molecule has 0 amide bonds. The van der Waals surface area contributed by atoms with Crippen LogP contribution in [0, 0.1) is 5.92 Å². The minimum Gasteiger partial charge on any atom is -0.290 e. The van der Waals surface area contributed by atoms with Crippen molar-refractivity contribution in [1.29, 1.82) is 0 Å². The van der Waals surface area contributed by atoms with E-state index < -0.39 is 0 Å². The van der Waals surface area contributed by atoms with E-state index in [0.717, 1.165) is 0 Å². The molecule has 0 spiro atoms. The van der Waals surface area contributed by atoms with Crippen LogP contribution in [0.5, 0.6) is 0 Å². The van der Waals surface area contributed by atoms with Crippen molar-refractivity contribution in [3.63, 3.8) is 0 Å². The number of hydrogen-bond acceptors (Lipinski definition) is 2. The Morgan fingerprint density at radius 2 is 1.08 bits per heavy atom. The Labute approximate surface area is 234 Å². The highest BCUT2D eigenvalue weighted by Crippen LogP contribution is 2.36. The zero-order valence-corrected chi connectivity index (χ0v) is 24.4. The average Bonchev–Trinajstić information content (AvgIpc) is 3.27. The van der Waals surface area contributed by atoms with Crippen LogP contribution in [0.25, 0.3) is 0 Å². The number of unbranched alkanes of at least 4 members (excludes halogenated alkanes) is 1. The van der Waals surface area contributed by atoms with E-state index in [1.54, 1.807) is 0 Å². The molecule has 208 valence electrons. The van der Waals surface area contributed by atoms with Crippen molar-refractivity contribution in [3.8, 4) is 0 Å². The molecule has 1 aromatic rings. The van der Waals surface area contributed by atoms with Gasteiger partial charge in [0.05, 0.1) is 11.8 Å². The summed E-state index contributed by atoms with van der Waals surface area (Å²) < 4.78 is 0. The molecule has 1 saturated carbocycles. The van der Waals surface area contributed by atoms with Crippen LogP contribution in [0.1, 0.15) is 122 Å². The molecular weight excluding hydrogens is 460 g/mol. The highest BCUT2D eigenvalue weighted by molar-refractivity contribution is 6.03. The molecule has 2 heteroatoms. The van der Waals surface area contributed by atoms with Crippen LogP contribution < -0.4 is 0 Å². The van der Waals surface area contributed by atoms with Crippen LogP contribution in [-0.2, 0) is 0 Å². The molecule has 0 N–H and O–H groups in total. The van der Waals surface area contributed by atoms with Gasteiger partial charge in [-0.15, -0.1) is 0 Å². The quantitative estimate of drug-likeness (QED) is 0.353. The summed E-state index contributed by atoms with van der Waals surface area (Å²) in [7, 11) is 0. The van der Waals surface area contributed by atoms with Crippen molar-refractivity contribution in [2.75, 3.05) is 0 Å².